The Bertz CT molecular complexity index is 953. The molecule has 0 radical (unpaired) electrons. The molecule has 0 saturated carbocycles. The molecule has 3 aromatic rings. The minimum Gasteiger partial charge on any atom is -0.341 e. The van der Waals surface area contributed by atoms with Gasteiger partial charge < -0.3 is 4.90 Å². The van der Waals surface area contributed by atoms with Crippen LogP contribution in [-0.2, 0) is 17.9 Å². The van der Waals surface area contributed by atoms with Gasteiger partial charge in [-0.3, -0.25) is 9.59 Å². The molecule has 0 saturated heterocycles. The molecule has 3 rings (SSSR count). The van der Waals surface area contributed by atoms with E-state index in [0.29, 0.717) is 17.4 Å². The lowest BCUT2D eigenvalue weighted by atomic mass is 10.2. The van der Waals surface area contributed by atoms with Gasteiger partial charge in [0.1, 0.15) is 5.52 Å². The largest absolute Gasteiger partial charge is 0.341 e. The maximum absolute atomic E-state index is 12.4. The number of nitrogens with zero attached hydrogens (tertiary/aromatic N) is 4. The molecule has 7 heteroatoms. The molecule has 0 atom stereocenters. The third-order valence-corrected chi connectivity index (χ3v) is 4.45. The number of fused-ring (bicyclic) bond motifs is 1. The van der Waals surface area contributed by atoms with Gasteiger partial charge in [-0.15, -0.1) is 5.10 Å². The number of halogens is 1. The van der Waals surface area contributed by atoms with Crippen LogP contribution in [0.25, 0.3) is 10.9 Å². The molecule has 0 aliphatic rings. The van der Waals surface area contributed by atoms with Crippen molar-refractivity contribution in [2.45, 2.75) is 19.5 Å². The van der Waals surface area contributed by atoms with E-state index in [1.807, 2.05) is 24.3 Å². The molecule has 0 spiro atoms. The normalized spacial score (nSPS) is 10.8. The van der Waals surface area contributed by atoms with Crippen LogP contribution in [0.2, 0.25) is 0 Å². The lowest BCUT2D eigenvalue weighted by Crippen LogP contribution is -2.30. The zero-order valence-electron chi connectivity index (χ0n) is 13.7. The first-order chi connectivity index (χ1) is 12.0. The standard InChI is InChI=1S/C18H17BrN4O2/c1-22(12-13-6-8-14(19)9-7-13)17(24)10-11-23-18(25)15-4-2-3-5-16(15)20-21-23/h2-9H,10-12H2,1H3. The summed E-state index contributed by atoms with van der Waals surface area (Å²) in [6.45, 7) is 0.727. The summed E-state index contributed by atoms with van der Waals surface area (Å²) >= 11 is 3.39. The van der Waals surface area contributed by atoms with Crippen LogP contribution in [0, 0.1) is 0 Å². The summed E-state index contributed by atoms with van der Waals surface area (Å²) in [5.74, 6) is -0.0511. The van der Waals surface area contributed by atoms with Gasteiger partial charge in [0, 0.05) is 24.5 Å². The summed E-state index contributed by atoms with van der Waals surface area (Å²) in [7, 11) is 1.75. The van der Waals surface area contributed by atoms with Gasteiger partial charge in [0.25, 0.3) is 5.56 Å². The second-order valence-electron chi connectivity index (χ2n) is 5.76. The van der Waals surface area contributed by atoms with Crippen molar-refractivity contribution in [2.75, 3.05) is 7.05 Å². The number of rotatable bonds is 5. The van der Waals surface area contributed by atoms with Gasteiger partial charge in [0.05, 0.1) is 11.9 Å². The molecule has 1 aromatic heterocycles. The molecule has 128 valence electrons. The van der Waals surface area contributed by atoms with Crippen LogP contribution >= 0.6 is 15.9 Å². The van der Waals surface area contributed by atoms with Crippen molar-refractivity contribution in [3.63, 3.8) is 0 Å². The lowest BCUT2D eigenvalue weighted by molar-refractivity contribution is -0.130. The highest BCUT2D eigenvalue weighted by molar-refractivity contribution is 9.10. The first-order valence-corrected chi connectivity index (χ1v) is 8.65. The molecule has 6 nitrogen and oxygen atoms in total. The van der Waals surface area contributed by atoms with Crippen LogP contribution in [0.1, 0.15) is 12.0 Å². The monoisotopic (exact) mass is 400 g/mol. The number of carbonyl (C=O) groups is 1. The van der Waals surface area contributed by atoms with E-state index in [0.717, 1.165) is 10.0 Å². The Labute approximate surface area is 153 Å². The van der Waals surface area contributed by atoms with Crippen molar-refractivity contribution < 1.29 is 4.79 Å². The molecule has 2 aromatic carbocycles. The first-order valence-electron chi connectivity index (χ1n) is 7.85. The average Bonchev–Trinajstić information content (AvgIpc) is 2.63. The molecule has 0 N–H and O–H groups in total. The van der Waals surface area contributed by atoms with Gasteiger partial charge in [-0.05, 0) is 29.8 Å². The van der Waals surface area contributed by atoms with Crippen molar-refractivity contribution in [3.8, 4) is 0 Å². The molecule has 0 aliphatic carbocycles. The van der Waals surface area contributed by atoms with Crippen molar-refractivity contribution in [1.29, 1.82) is 0 Å². The van der Waals surface area contributed by atoms with E-state index in [9.17, 15) is 9.59 Å². The van der Waals surface area contributed by atoms with Gasteiger partial charge in [-0.2, -0.15) is 0 Å². The third kappa shape index (κ3) is 4.11. The number of amides is 1. The highest BCUT2D eigenvalue weighted by Gasteiger charge is 2.11. The average molecular weight is 401 g/mol. The molecule has 0 bridgehead atoms. The second kappa shape index (κ2) is 7.57. The molecule has 25 heavy (non-hydrogen) atoms. The fourth-order valence-corrected chi connectivity index (χ4v) is 2.78. The van der Waals surface area contributed by atoms with Crippen molar-refractivity contribution >= 4 is 32.7 Å². The Morgan fingerprint density at radius 2 is 1.88 bits per heavy atom. The minimum absolute atomic E-state index is 0.0511. The lowest BCUT2D eigenvalue weighted by Gasteiger charge is -2.17. The van der Waals surface area contributed by atoms with Crippen LogP contribution in [0.5, 0.6) is 0 Å². The predicted octanol–water partition coefficient (Wildman–Crippen LogP) is 2.60. The fraction of sp³-hybridized carbons (Fsp3) is 0.222. The van der Waals surface area contributed by atoms with Crippen LogP contribution < -0.4 is 5.56 Å². The van der Waals surface area contributed by atoms with E-state index < -0.39 is 0 Å². The third-order valence-electron chi connectivity index (χ3n) is 3.93. The molecule has 0 unspecified atom stereocenters. The van der Waals surface area contributed by atoms with E-state index in [4.69, 9.17) is 0 Å². The summed E-state index contributed by atoms with van der Waals surface area (Å²) in [4.78, 5) is 26.3. The van der Waals surface area contributed by atoms with E-state index in [2.05, 4.69) is 26.2 Å². The summed E-state index contributed by atoms with van der Waals surface area (Å²) < 4.78 is 2.24. The Morgan fingerprint density at radius 3 is 2.64 bits per heavy atom. The molecule has 0 fully saturated rings. The molecule has 0 aliphatic heterocycles. The number of aromatic nitrogens is 3. The maximum Gasteiger partial charge on any atom is 0.277 e. The molecule has 1 amide bonds. The van der Waals surface area contributed by atoms with E-state index in [1.165, 1.54) is 4.68 Å². The number of benzene rings is 2. The van der Waals surface area contributed by atoms with E-state index in [1.54, 1.807) is 36.2 Å². The summed E-state index contributed by atoms with van der Waals surface area (Å²) in [5, 5.41) is 8.44. The van der Waals surface area contributed by atoms with Gasteiger partial charge in [-0.1, -0.05) is 45.4 Å². The number of hydrogen-bond acceptors (Lipinski definition) is 4. The van der Waals surface area contributed by atoms with Crippen LogP contribution in [0.4, 0.5) is 0 Å². The zero-order valence-corrected chi connectivity index (χ0v) is 15.3. The second-order valence-corrected chi connectivity index (χ2v) is 6.68. The number of hydrogen-bond donors (Lipinski definition) is 0. The van der Waals surface area contributed by atoms with E-state index in [-0.39, 0.29) is 24.4 Å². The Hall–Kier alpha value is -2.54. The summed E-state index contributed by atoms with van der Waals surface area (Å²) in [6, 6.07) is 14.9. The molecular formula is C18H17BrN4O2. The van der Waals surface area contributed by atoms with Gasteiger partial charge in [0.2, 0.25) is 5.91 Å². The number of aryl methyl sites for hydroxylation is 1. The number of carbonyl (C=O) groups excluding carboxylic acids is 1. The van der Waals surface area contributed by atoms with Gasteiger partial charge in [0.15, 0.2) is 0 Å². The summed E-state index contributed by atoms with van der Waals surface area (Å²) in [6.07, 6.45) is 0.194. The molecular weight excluding hydrogens is 384 g/mol. The highest BCUT2D eigenvalue weighted by atomic mass is 79.9. The van der Waals surface area contributed by atoms with Crippen LogP contribution in [-0.4, -0.2) is 32.8 Å². The Balaban J connectivity index is 1.64. The van der Waals surface area contributed by atoms with Crippen molar-refractivity contribution in [2.24, 2.45) is 0 Å². The zero-order chi connectivity index (χ0) is 17.8. The Kier molecular flexibility index (Phi) is 5.23. The highest BCUT2D eigenvalue weighted by Crippen LogP contribution is 2.12. The Morgan fingerprint density at radius 1 is 1.16 bits per heavy atom. The predicted molar refractivity (Wildman–Crippen MR) is 99.0 cm³/mol. The van der Waals surface area contributed by atoms with E-state index >= 15 is 0 Å². The fourth-order valence-electron chi connectivity index (χ4n) is 2.51. The van der Waals surface area contributed by atoms with Gasteiger partial charge >= 0.3 is 0 Å². The maximum atomic E-state index is 12.4. The minimum atomic E-state index is -0.228. The topological polar surface area (TPSA) is 68.1 Å². The van der Waals surface area contributed by atoms with Crippen molar-refractivity contribution in [1.82, 2.24) is 19.9 Å². The first kappa shape index (κ1) is 17.3. The SMILES string of the molecule is CN(Cc1ccc(Br)cc1)C(=O)CCn1nnc2ccccc2c1=O. The smallest absolute Gasteiger partial charge is 0.277 e. The van der Waals surface area contributed by atoms with Crippen LogP contribution in [0.15, 0.2) is 57.8 Å². The van der Waals surface area contributed by atoms with Gasteiger partial charge in [-0.25, -0.2) is 4.68 Å². The van der Waals surface area contributed by atoms with Crippen LogP contribution in [0.3, 0.4) is 0 Å². The van der Waals surface area contributed by atoms with Crippen molar-refractivity contribution in [3.05, 3.63) is 68.9 Å². The summed E-state index contributed by atoms with van der Waals surface area (Å²) in [5.41, 5.74) is 1.37. The molecule has 1 heterocycles. The quantitative estimate of drug-likeness (QED) is 0.659.